The molecule has 0 bridgehead atoms. The number of nitrogens with two attached hydrogens (primary N) is 1. The van der Waals surface area contributed by atoms with Crippen LogP contribution in [0.15, 0.2) is 40.9 Å². The molecule has 1 atom stereocenters. The summed E-state index contributed by atoms with van der Waals surface area (Å²) >= 11 is 8.98. The lowest BCUT2D eigenvalue weighted by atomic mass is 9.98. The fourth-order valence-electron chi connectivity index (χ4n) is 1.95. The first kappa shape index (κ1) is 15.4. The van der Waals surface area contributed by atoms with Crippen molar-refractivity contribution in [3.8, 4) is 0 Å². The third-order valence-corrected chi connectivity index (χ3v) is 3.70. The van der Waals surface area contributed by atoms with Crippen LogP contribution in [0.5, 0.6) is 0 Å². The Balaban J connectivity index is 2.31. The summed E-state index contributed by atoms with van der Waals surface area (Å²) < 4.78 is 28.4. The van der Waals surface area contributed by atoms with Gasteiger partial charge in [0.25, 0.3) is 0 Å². The molecule has 1 unspecified atom stereocenters. The molecule has 0 aliphatic carbocycles. The molecule has 0 amide bonds. The highest BCUT2D eigenvalue weighted by Crippen LogP contribution is 2.26. The molecule has 0 saturated carbocycles. The maximum atomic E-state index is 13.8. The number of nitrogens with one attached hydrogen (secondary N) is 1. The summed E-state index contributed by atoms with van der Waals surface area (Å²) in [6.45, 7) is 0. The van der Waals surface area contributed by atoms with Crippen LogP contribution in [-0.2, 0) is 6.42 Å². The van der Waals surface area contributed by atoms with Crippen LogP contribution in [0.4, 0.5) is 8.78 Å². The van der Waals surface area contributed by atoms with Crippen molar-refractivity contribution in [1.29, 1.82) is 0 Å². The SMILES string of the molecule is NNC(Cc1ccc(Cl)cc1F)c1cc(Br)ccc1F. The van der Waals surface area contributed by atoms with Crippen LogP contribution in [0.25, 0.3) is 0 Å². The fourth-order valence-corrected chi connectivity index (χ4v) is 2.49. The third-order valence-electron chi connectivity index (χ3n) is 2.97. The van der Waals surface area contributed by atoms with Crippen molar-refractivity contribution in [3.05, 3.63) is 68.7 Å². The van der Waals surface area contributed by atoms with Gasteiger partial charge in [0, 0.05) is 15.1 Å². The van der Waals surface area contributed by atoms with Crippen LogP contribution < -0.4 is 11.3 Å². The lowest BCUT2D eigenvalue weighted by molar-refractivity contribution is 0.498. The van der Waals surface area contributed by atoms with Gasteiger partial charge in [-0.15, -0.1) is 0 Å². The first-order chi connectivity index (χ1) is 9.51. The van der Waals surface area contributed by atoms with Crippen molar-refractivity contribution < 1.29 is 8.78 Å². The minimum atomic E-state index is -0.539. The van der Waals surface area contributed by atoms with E-state index in [0.717, 1.165) is 4.47 Å². The molecule has 2 aromatic carbocycles. The largest absolute Gasteiger partial charge is 0.271 e. The van der Waals surface area contributed by atoms with Crippen LogP contribution in [0, 0.1) is 11.6 Å². The van der Waals surface area contributed by atoms with Crippen molar-refractivity contribution in [1.82, 2.24) is 5.43 Å². The zero-order valence-electron chi connectivity index (χ0n) is 10.3. The van der Waals surface area contributed by atoms with Crippen molar-refractivity contribution in [2.45, 2.75) is 12.5 Å². The van der Waals surface area contributed by atoms with E-state index in [1.54, 1.807) is 24.3 Å². The summed E-state index contributed by atoms with van der Waals surface area (Å²) in [5.41, 5.74) is 3.30. The van der Waals surface area contributed by atoms with Crippen LogP contribution in [0.2, 0.25) is 5.02 Å². The maximum Gasteiger partial charge on any atom is 0.128 e. The molecule has 20 heavy (non-hydrogen) atoms. The van der Waals surface area contributed by atoms with Gasteiger partial charge in [-0.25, -0.2) is 8.78 Å². The van der Waals surface area contributed by atoms with E-state index in [9.17, 15) is 8.78 Å². The highest BCUT2D eigenvalue weighted by Gasteiger charge is 2.17. The average Bonchev–Trinajstić information content (AvgIpc) is 2.41. The summed E-state index contributed by atoms with van der Waals surface area (Å²) in [4.78, 5) is 0. The lowest BCUT2D eigenvalue weighted by Crippen LogP contribution is -2.30. The third kappa shape index (κ3) is 3.55. The molecular weight excluding hydrogens is 350 g/mol. The number of rotatable bonds is 4. The summed E-state index contributed by atoms with van der Waals surface area (Å²) in [6, 6.07) is 8.39. The zero-order chi connectivity index (χ0) is 14.7. The Morgan fingerprint density at radius 2 is 1.90 bits per heavy atom. The first-order valence-corrected chi connectivity index (χ1v) is 7.03. The maximum absolute atomic E-state index is 13.8. The smallest absolute Gasteiger partial charge is 0.128 e. The summed E-state index contributed by atoms with van der Waals surface area (Å²) in [5.74, 6) is 4.64. The monoisotopic (exact) mass is 360 g/mol. The van der Waals surface area contributed by atoms with Crippen molar-refractivity contribution in [3.63, 3.8) is 0 Å². The minimum absolute atomic E-state index is 0.215. The Bertz CT molecular complexity index is 622. The summed E-state index contributed by atoms with van der Waals surface area (Å²) in [6.07, 6.45) is 0.215. The van der Waals surface area contributed by atoms with Crippen LogP contribution in [0.1, 0.15) is 17.2 Å². The molecule has 2 nitrogen and oxygen atoms in total. The molecule has 0 spiro atoms. The van der Waals surface area contributed by atoms with E-state index in [2.05, 4.69) is 21.4 Å². The topological polar surface area (TPSA) is 38.0 Å². The summed E-state index contributed by atoms with van der Waals surface area (Å²) in [7, 11) is 0. The molecule has 0 aromatic heterocycles. The van der Waals surface area contributed by atoms with Gasteiger partial charge in [0.2, 0.25) is 0 Å². The molecule has 0 fully saturated rings. The van der Waals surface area contributed by atoms with E-state index in [1.807, 2.05) is 0 Å². The summed E-state index contributed by atoms with van der Waals surface area (Å²) in [5, 5.41) is 0.317. The first-order valence-electron chi connectivity index (χ1n) is 5.86. The molecular formula is C14H12BrClF2N2. The van der Waals surface area contributed by atoms with Crippen molar-refractivity contribution in [2.75, 3.05) is 0 Å². The second kappa shape index (κ2) is 6.63. The molecule has 0 heterocycles. The van der Waals surface area contributed by atoms with E-state index in [1.165, 1.54) is 12.1 Å². The van der Waals surface area contributed by atoms with Gasteiger partial charge in [-0.3, -0.25) is 11.3 Å². The van der Waals surface area contributed by atoms with Gasteiger partial charge in [-0.1, -0.05) is 33.6 Å². The van der Waals surface area contributed by atoms with Crippen LogP contribution >= 0.6 is 27.5 Å². The van der Waals surface area contributed by atoms with Gasteiger partial charge >= 0.3 is 0 Å². The number of halogens is 4. The number of hydrazine groups is 1. The quantitative estimate of drug-likeness (QED) is 0.635. The number of hydrogen-bond acceptors (Lipinski definition) is 2. The highest BCUT2D eigenvalue weighted by atomic mass is 79.9. The minimum Gasteiger partial charge on any atom is -0.271 e. The Hall–Kier alpha value is -1.01. The van der Waals surface area contributed by atoms with E-state index in [-0.39, 0.29) is 6.42 Å². The Kier molecular flexibility index (Phi) is 5.10. The Labute approximate surface area is 129 Å². The number of benzene rings is 2. The molecule has 2 aromatic rings. The highest BCUT2D eigenvalue weighted by molar-refractivity contribution is 9.10. The molecule has 2 rings (SSSR count). The second-order valence-corrected chi connectivity index (χ2v) is 5.68. The second-order valence-electron chi connectivity index (χ2n) is 4.32. The molecule has 0 aliphatic rings. The lowest BCUT2D eigenvalue weighted by Gasteiger charge is -2.18. The van der Waals surface area contributed by atoms with Gasteiger partial charge in [0.05, 0.1) is 6.04 Å². The van der Waals surface area contributed by atoms with Gasteiger partial charge < -0.3 is 0 Å². The fraction of sp³-hybridized carbons (Fsp3) is 0.143. The zero-order valence-corrected chi connectivity index (χ0v) is 12.7. The Morgan fingerprint density at radius 1 is 1.15 bits per heavy atom. The van der Waals surface area contributed by atoms with Crippen LogP contribution in [0.3, 0.4) is 0 Å². The normalized spacial score (nSPS) is 12.4. The van der Waals surface area contributed by atoms with E-state index in [4.69, 9.17) is 17.4 Å². The number of hydrogen-bond donors (Lipinski definition) is 2. The van der Waals surface area contributed by atoms with Gasteiger partial charge in [0.15, 0.2) is 0 Å². The van der Waals surface area contributed by atoms with E-state index >= 15 is 0 Å². The standard InChI is InChI=1S/C14H12BrClF2N2/c15-9-2-4-12(17)11(6-9)14(20-19)5-8-1-3-10(16)7-13(8)18/h1-4,6-7,14,20H,5,19H2. The predicted octanol–water partition coefficient (Wildman–Crippen LogP) is 4.13. The van der Waals surface area contributed by atoms with E-state index < -0.39 is 17.7 Å². The van der Waals surface area contributed by atoms with Gasteiger partial charge in [-0.2, -0.15) is 0 Å². The van der Waals surface area contributed by atoms with Gasteiger partial charge in [0.1, 0.15) is 11.6 Å². The molecule has 0 aliphatic heterocycles. The molecule has 0 saturated heterocycles. The average molecular weight is 362 g/mol. The molecule has 106 valence electrons. The van der Waals surface area contributed by atoms with Crippen LogP contribution in [-0.4, -0.2) is 0 Å². The Morgan fingerprint density at radius 3 is 2.55 bits per heavy atom. The van der Waals surface area contributed by atoms with Crippen molar-refractivity contribution in [2.24, 2.45) is 5.84 Å². The van der Waals surface area contributed by atoms with Crippen molar-refractivity contribution >= 4 is 27.5 Å². The molecule has 6 heteroatoms. The predicted molar refractivity (Wildman–Crippen MR) is 79.3 cm³/mol. The van der Waals surface area contributed by atoms with E-state index in [0.29, 0.717) is 16.1 Å². The molecule has 0 radical (unpaired) electrons. The molecule has 3 N–H and O–H groups in total. The van der Waals surface area contributed by atoms with Gasteiger partial charge in [-0.05, 0) is 42.3 Å².